The van der Waals surface area contributed by atoms with Crippen molar-refractivity contribution >= 4 is 17.5 Å². The summed E-state index contributed by atoms with van der Waals surface area (Å²) >= 11 is 0. The monoisotopic (exact) mass is 405 g/mol. The third-order valence-electron chi connectivity index (χ3n) is 4.89. The van der Waals surface area contributed by atoms with Crippen LogP contribution >= 0.6 is 0 Å². The van der Waals surface area contributed by atoms with Gasteiger partial charge in [-0.15, -0.1) is 0 Å². The highest BCUT2D eigenvalue weighted by molar-refractivity contribution is 5.97. The van der Waals surface area contributed by atoms with Crippen LogP contribution in [0, 0.1) is 11.6 Å². The van der Waals surface area contributed by atoms with Gasteiger partial charge in [0, 0.05) is 38.5 Å². The Morgan fingerprint density at radius 2 is 1.93 bits per heavy atom. The van der Waals surface area contributed by atoms with Crippen molar-refractivity contribution in [2.24, 2.45) is 0 Å². The standard InChI is InChI=1S/C20H21F2N3O4/c1-29-11-19(27)24-17-9-14(15(21)10-16(17)22)20(28)25-6-3-12(4-7-25)13-2-5-23-18(26)8-13/h2,5,8-10,12H,3-4,6-7,11H2,1H3,(H,23,26)(H,24,27). The Balaban J connectivity index is 1.72. The first-order valence-electron chi connectivity index (χ1n) is 9.14. The zero-order valence-corrected chi connectivity index (χ0v) is 15.8. The Bertz CT molecular complexity index is 968. The van der Waals surface area contributed by atoms with E-state index in [1.165, 1.54) is 18.1 Å². The van der Waals surface area contributed by atoms with Gasteiger partial charge < -0.3 is 19.9 Å². The van der Waals surface area contributed by atoms with E-state index in [0.29, 0.717) is 32.0 Å². The number of pyridine rings is 1. The lowest BCUT2D eigenvalue weighted by Crippen LogP contribution is -2.38. The van der Waals surface area contributed by atoms with Crippen molar-refractivity contribution in [3.05, 3.63) is 63.6 Å². The van der Waals surface area contributed by atoms with Gasteiger partial charge in [0.1, 0.15) is 18.2 Å². The smallest absolute Gasteiger partial charge is 0.256 e. The Hall–Kier alpha value is -3.07. The number of hydrogen-bond acceptors (Lipinski definition) is 4. The number of rotatable bonds is 5. The number of aromatic nitrogens is 1. The molecule has 1 aliphatic heterocycles. The molecule has 2 N–H and O–H groups in total. The maximum Gasteiger partial charge on any atom is 0.256 e. The van der Waals surface area contributed by atoms with Gasteiger partial charge in [-0.2, -0.15) is 0 Å². The molecule has 0 aliphatic carbocycles. The van der Waals surface area contributed by atoms with Crippen molar-refractivity contribution in [3.8, 4) is 0 Å². The number of hydrogen-bond donors (Lipinski definition) is 2. The number of anilines is 1. The molecule has 1 fully saturated rings. The van der Waals surface area contributed by atoms with Crippen molar-refractivity contribution in [3.63, 3.8) is 0 Å². The fraction of sp³-hybridized carbons (Fsp3) is 0.350. The van der Waals surface area contributed by atoms with Gasteiger partial charge in [0.15, 0.2) is 0 Å². The van der Waals surface area contributed by atoms with Crippen LogP contribution in [0.5, 0.6) is 0 Å². The molecule has 0 spiro atoms. The molecule has 2 amide bonds. The lowest BCUT2D eigenvalue weighted by molar-refractivity contribution is -0.119. The van der Waals surface area contributed by atoms with E-state index in [-0.39, 0.29) is 29.3 Å². The first kappa shape index (κ1) is 20.7. The minimum absolute atomic E-state index is 0.128. The molecule has 7 nitrogen and oxygen atoms in total. The number of halogens is 2. The second-order valence-corrected chi connectivity index (χ2v) is 6.85. The molecular weight excluding hydrogens is 384 g/mol. The summed E-state index contributed by atoms with van der Waals surface area (Å²) in [6.07, 6.45) is 2.83. The Morgan fingerprint density at radius 3 is 2.59 bits per heavy atom. The van der Waals surface area contributed by atoms with Crippen molar-refractivity contribution in [1.82, 2.24) is 9.88 Å². The van der Waals surface area contributed by atoms with Crippen LogP contribution in [0.4, 0.5) is 14.5 Å². The molecule has 29 heavy (non-hydrogen) atoms. The average Bonchev–Trinajstić information content (AvgIpc) is 2.70. The van der Waals surface area contributed by atoms with Gasteiger partial charge in [0.05, 0.1) is 11.3 Å². The molecule has 2 aromatic rings. The number of methoxy groups -OCH3 is 1. The van der Waals surface area contributed by atoms with Crippen LogP contribution in [0.2, 0.25) is 0 Å². The van der Waals surface area contributed by atoms with Crippen molar-refractivity contribution in [2.45, 2.75) is 18.8 Å². The van der Waals surface area contributed by atoms with Crippen LogP contribution in [0.3, 0.4) is 0 Å². The fourth-order valence-corrected chi connectivity index (χ4v) is 3.43. The molecule has 1 aromatic heterocycles. The summed E-state index contributed by atoms with van der Waals surface area (Å²) in [6, 6.07) is 4.96. The summed E-state index contributed by atoms with van der Waals surface area (Å²) in [7, 11) is 1.31. The van der Waals surface area contributed by atoms with Crippen LogP contribution in [0.15, 0.2) is 35.3 Å². The summed E-state index contributed by atoms with van der Waals surface area (Å²) in [4.78, 5) is 39.9. The van der Waals surface area contributed by atoms with Gasteiger partial charge >= 0.3 is 0 Å². The molecule has 3 rings (SSSR count). The number of piperidine rings is 1. The molecule has 0 radical (unpaired) electrons. The zero-order chi connectivity index (χ0) is 21.0. The Labute approximate surface area is 165 Å². The molecule has 0 saturated carbocycles. The summed E-state index contributed by atoms with van der Waals surface area (Å²) in [6.45, 7) is 0.451. The number of amides is 2. The van der Waals surface area contributed by atoms with Gasteiger partial charge in [-0.05, 0) is 36.5 Å². The molecule has 0 bridgehead atoms. The van der Waals surface area contributed by atoms with E-state index in [9.17, 15) is 23.2 Å². The number of benzene rings is 1. The predicted octanol–water partition coefficient (Wildman–Crippen LogP) is 2.26. The molecule has 2 heterocycles. The second kappa shape index (κ2) is 8.95. The van der Waals surface area contributed by atoms with Gasteiger partial charge in [0.2, 0.25) is 11.5 Å². The lowest BCUT2D eigenvalue weighted by atomic mass is 9.90. The van der Waals surface area contributed by atoms with E-state index < -0.39 is 23.4 Å². The number of ether oxygens (including phenoxy) is 1. The molecule has 154 valence electrons. The van der Waals surface area contributed by atoms with Crippen molar-refractivity contribution < 1.29 is 23.1 Å². The van der Waals surface area contributed by atoms with E-state index in [1.807, 2.05) is 6.07 Å². The quantitative estimate of drug-likeness (QED) is 0.798. The molecule has 1 aromatic carbocycles. The first-order valence-corrected chi connectivity index (χ1v) is 9.14. The zero-order valence-electron chi connectivity index (χ0n) is 15.8. The third kappa shape index (κ3) is 4.86. The summed E-state index contributed by atoms with van der Waals surface area (Å²) in [5.74, 6) is -3.03. The molecule has 0 unspecified atom stereocenters. The number of aromatic amines is 1. The molecule has 1 aliphatic rings. The number of likely N-dealkylation sites (tertiary alicyclic amines) is 1. The SMILES string of the molecule is COCC(=O)Nc1cc(C(=O)N2CCC(c3cc[nH]c(=O)c3)CC2)c(F)cc1F. The van der Waals surface area contributed by atoms with Crippen LogP contribution < -0.4 is 10.9 Å². The summed E-state index contributed by atoms with van der Waals surface area (Å²) < 4.78 is 32.9. The molecular formula is C20H21F2N3O4. The number of nitrogens with one attached hydrogen (secondary N) is 2. The van der Waals surface area contributed by atoms with Crippen LogP contribution in [-0.4, -0.2) is 48.5 Å². The lowest BCUT2D eigenvalue weighted by Gasteiger charge is -2.32. The van der Waals surface area contributed by atoms with E-state index in [4.69, 9.17) is 0 Å². The number of carbonyl (C=O) groups excluding carboxylic acids is 2. The van der Waals surface area contributed by atoms with Crippen molar-refractivity contribution in [1.29, 1.82) is 0 Å². The van der Waals surface area contributed by atoms with Gasteiger partial charge in [0.25, 0.3) is 5.91 Å². The Morgan fingerprint density at radius 1 is 1.21 bits per heavy atom. The largest absolute Gasteiger partial charge is 0.375 e. The highest BCUT2D eigenvalue weighted by Gasteiger charge is 2.27. The number of H-pyrrole nitrogens is 1. The van der Waals surface area contributed by atoms with Crippen LogP contribution in [0.1, 0.15) is 34.7 Å². The van der Waals surface area contributed by atoms with E-state index in [1.54, 1.807) is 6.20 Å². The van der Waals surface area contributed by atoms with Crippen LogP contribution in [0.25, 0.3) is 0 Å². The minimum atomic E-state index is -0.992. The maximum absolute atomic E-state index is 14.2. The van der Waals surface area contributed by atoms with Crippen molar-refractivity contribution in [2.75, 3.05) is 32.1 Å². The first-order chi connectivity index (χ1) is 13.9. The third-order valence-corrected chi connectivity index (χ3v) is 4.89. The second-order valence-electron chi connectivity index (χ2n) is 6.85. The summed E-state index contributed by atoms with van der Waals surface area (Å²) in [5.41, 5.74) is 0.123. The van der Waals surface area contributed by atoms with E-state index in [0.717, 1.165) is 11.6 Å². The highest BCUT2D eigenvalue weighted by atomic mass is 19.1. The normalized spacial score (nSPS) is 14.7. The van der Waals surface area contributed by atoms with E-state index >= 15 is 0 Å². The predicted molar refractivity (Wildman–Crippen MR) is 102 cm³/mol. The number of nitrogens with zero attached hydrogens (tertiary/aromatic N) is 1. The average molecular weight is 405 g/mol. The fourth-order valence-electron chi connectivity index (χ4n) is 3.43. The molecule has 1 saturated heterocycles. The molecule has 0 atom stereocenters. The minimum Gasteiger partial charge on any atom is -0.375 e. The topological polar surface area (TPSA) is 91.5 Å². The van der Waals surface area contributed by atoms with Gasteiger partial charge in [-0.3, -0.25) is 14.4 Å². The Kier molecular flexibility index (Phi) is 6.38. The van der Waals surface area contributed by atoms with Gasteiger partial charge in [-0.25, -0.2) is 8.78 Å². The highest BCUT2D eigenvalue weighted by Crippen LogP contribution is 2.29. The van der Waals surface area contributed by atoms with Gasteiger partial charge in [-0.1, -0.05) is 0 Å². The van der Waals surface area contributed by atoms with E-state index in [2.05, 4.69) is 15.0 Å². The van der Waals surface area contributed by atoms with Crippen LogP contribution in [-0.2, 0) is 9.53 Å². The molecule has 9 heteroatoms. The summed E-state index contributed by atoms with van der Waals surface area (Å²) in [5, 5.41) is 2.26. The maximum atomic E-state index is 14.2. The number of carbonyl (C=O) groups is 2.